The summed E-state index contributed by atoms with van der Waals surface area (Å²) < 4.78 is 0. The molecule has 0 radical (unpaired) electrons. The maximum Gasteiger partial charge on any atom is 0.342 e. The van der Waals surface area contributed by atoms with E-state index < -0.39 is 11.5 Å². The van der Waals surface area contributed by atoms with Crippen LogP contribution in [0.25, 0.3) is 0 Å². The van der Waals surface area contributed by atoms with Gasteiger partial charge in [-0.3, -0.25) is 0 Å². The third-order valence-electron chi connectivity index (χ3n) is 2.08. The maximum absolute atomic E-state index is 11.5. The molecule has 1 aromatic rings. The van der Waals surface area contributed by atoms with Gasteiger partial charge in [0, 0.05) is 18.3 Å². The molecule has 0 saturated heterocycles. The lowest BCUT2D eigenvalue weighted by atomic mass is 10.3. The molecular formula is C9H13ClN6O2. The van der Waals surface area contributed by atoms with Crippen LogP contribution in [-0.2, 0) is 6.54 Å². The van der Waals surface area contributed by atoms with E-state index >= 15 is 0 Å². The zero-order valence-corrected chi connectivity index (χ0v) is 10.7. The standard InChI is InChI=1S/C9H13ClN6O2/c1-5(10)16(15-18)9(17)13-4-7-3-12-6(2)14-8(7)11/h3,5H,4H2,1-2H3,(H,13,17)(H2,11,12,14). The normalized spacial score (nSPS) is 11.7. The lowest BCUT2D eigenvalue weighted by molar-refractivity contribution is 0.195. The first kappa shape index (κ1) is 14.1. The van der Waals surface area contributed by atoms with E-state index in [4.69, 9.17) is 17.3 Å². The van der Waals surface area contributed by atoms with Crippen molar-refractivity contribution in [3.8, 4) is 0 Å². The van der Waals surface area contributed by atoms with E-state index in [1.54, 1.807) is 6.92 Å². The van der Waals surface area contributed by atoms with Gasteiger partial charge in [-0.05, 0) is 13.8 Å². The molecule has 0 fully saturated rings. The number of nitrogens with one attached hydrogen (secondary N) is 1. The van der Waals surface area contributed by atoms with E-state index in [1.165, 1.54) is 13.1 Å². The summed E-state index contributed by atoms with van der Waals surface area (Å²) in [6.07, 6.45) is 1.50. The van der Waals surface area contributed by atoms with Crippen molar-refractivity contribution in [1.29, 1.82) is 0 Å². The van der Waals surface area contributed by atoms with Crippen LogP contribution in [0.2, 0.25) is 0 Å². The lowest BCUT2D eigenvalue weighted by Gasteiger charge is -2.16. The zero-order chi connectivity index (χ0) is 13.7. The van der Waals surface area contributed by atoms with Gasteiger partial charge in [-0.1, -0.05) is 11.6 Å². The number of nitrogens with zero attached hydrogens (tertiary/aromatic N) is 4. The van der Waals surface area contributed by atoms with Gasteiger partial charge >= 0.3 is 6.03 Å². The molecule has 9 heteroatoms. The molecule has 2 amide bonds. The number of hydrogen-bond donors (Lipinski definition) is 2. The van der Waals surface area contributed by atoms with E-state index in [2.05, 4.69) is 20.6 Å². The van der Waals surface area contributed by atoms with Crippen molar-refractivity contribution in [2.24, 2.45) is 5.29 Å². The molecule has 18 heavy (non-hydrogen) atoms. The summed E-state index contributed by atoms with van der Waals surface area (Å²) in [7, 11) is 0. The third-order valence-corrected chi connectivity index (χ3v) is 2.27. The van der Waals surface area contributed by atoms with Crippen LogP contribution in [0.15, 0.2) is 11.5 Å². The number of rotatable bonds is 4. The monoisotopic (exact) mass is 272 g/mol. The van der Waals surface area contributed by atoms with Crippen LogP contribution in [0.3, 0.4) is 0 Å². The Bertz CT molecular complexity index is 453. The van der Waals surface area contributed by atoms with Crippen LogP contribution in [0.5, 0.6) is 0 Å². The van der Waals surface area contributed by atoms with Crippen molar-refractivity contribution in [1.82, 2.24) is 20.3 Å². The minimum atomic E-state index is -0.839. The molecule has 0 saturated carbocycles. The molecule has 0 aliphatic carbocycles. The Kier molecular flexibility index (Phi) is 4.78. The molecule has 1 rings (SSSR count). The molecule has 0 spiro atoms. The number of hydrogen-bond acceptors (Lipinski definition) is 6. The second kappa shape index (κ2) is 6.10. The van der Waals surface area contributed by atoms with Crippen LogP contribution in [0, 0.1) is 11.8 Å². The number of nitrogens with two attached hydrogens (primary N) is 1. The van der Waals surface area contributed by atoms with Crippen molar-refractivity contribution < 1.29 is 4.79 Å². The molecule has 0 aliphatic heterocycles. The van der Waals surface area contributed by atoms with Gasteiger partial charge in [-0.25, -0.2) is 14.8 Å². The fraction of sp³-hybridized carbons (Fsp3) is 0.444. The number of nitrogen functional groups attached to an aromatic ring is 1. The first-order chi connectivity index (χ1) is 8.45. The summed E-state index contributed by atoms with van der Waals surface area (Å²) in [5.74, 6) is 0.806. The first-order valence-electron chi connectivity index (χ1n) is 5.08. The van der Waals surface area contributed by atoms with Gasteiger partial charge in [0.1, 0.15) is 17.1 Å². The number of carbonyl (C=O) groups is 1. The molecule has 1 atom stereocenters. The highest BCUT2D eigenvalue weighted by molar-refractivity contribution is 6.20. The molecule has 0 aliphatic rings. The molecule has 0 aromatic carbocycles. The molecule has 1 heterocycles. The third kappa shape index (κ3) is 3.52. The van der Waals surface area contributed by atoms with Crippen molar-refractivity contribution in [2.75, 3.05) is 5.73 Å². The second-order valence-corrected chi connectivity index (χ2v) is 4.12. The van der Waals surface area contributed by atoms with Crippen LogP contribution >= 0.6 is 11.6 Å². The highest BCUT2D eigenvalue weighted by atomic mass is 35.5. The summed E-state index contributed by atoms with van der Waals surface area (Å²) >= 11 is 5.59. The predicted octanol–water partition coefficient (Wildman–Crippen LogP) is 1.15. The maximum atomic E-state index is 11.5. The topological polar surface area (TPSA) is 114 Å². The minimum Gasteiger partial charge on any atom is -0.383 e. The molecule has 0 bridgehead atoms. The number of anilines is 1. The molecule has 8 nitrogen and oxygen atoms in total. The summed E-state index contributed by atoms with van der Waals surface area (Å²) in [5, 5.41) is 5.53. The van der Waals surface area contributed by atoms with E-state index in [-0.39, 0.29) is 12.4 Å². The van der Waals surface area contributed by atoms with Crippen LogP contribution < -0.4 is 11.1 Å². The number of urea groups is 1. The summed E-state index contributed by atoms with van der Waals surface area (Å²) in [4.78, 5) is 29.8. The average Bonchev–Trinajstić information content (AvgIpc) is 2.28. The zero-order valence-electron chi connectivity index (χ0n) is 9.92. The highest BCUT2D eigenvalue weighted by Gasteiger charge is 2.19. The van der Waals surface area contributed by atoms with Crippen molar-refractivity contribution >= 4 is 23.4 Å². The van der Waals surface area contributed by atoms with E-state index in [9.17, 15) is 9.70 Å². The van der Waals surface area contributed by atoms with Gasteiger partial charge in [-0.15, -0.1) is 4.91 Å². The number of nitroso groups, excluding NO2 is 1. The fourth-order valence-electron chi connectivity index (χ4n) is 1.16. The van der Waals surface area contributed by atoms with Gasteiger partial charge in [0.15, 0.2) is 0 Å². The van der Waals surface area contributed by atoms with Crippen molar-refractivity contribution in [3.05, 3.63) is 22.5 Å². The number of aromatic nitrogens is 2. The Labute approximate surface area is 108 Å². The number of amides is 2. The van der Waals surface area contributed by atoms with Crippen LogP contribution in [-0.4, -0.2) is 26.5 Å². The van der Waals surface area contributed by atoms with Gasteiger partial charge in [0.25, 0.3) is 0 Å². The number of halogens is 1. The van der Waals surface area contributed by atoms with Gasteiger partial charge < -0.3 is 11.1 Å². The second-order valence-electron chi connectivity index (χ2n) is 3.49. The van der Waals surface area contributed by atoms with Crippen LogP contribution in [0.1, 0.15) is 18.3 Å². The largest absolute Gasteiger partial charge is 0.383 e. The number of carbonyl (C=O) groups excluding carboxylic acids is 1. The lowest BCUT2D eigenvalue weighted by Crippen LogP contribution is -2.39. The summed E-state index contributed by atoms with van der Waals surface area (Å²) in [6.45, 7) is 3.23. The Balaban J connectivity index is 2.65. The first-order valence-corrected chi connectivity index (χ1v) is 5.51. The summed E-state index contributed by atoms with van der Waals surface area (Å²) in [6, 6.07) is -0.715. The van der Waals surface area contributed by atoms with E-state index in [0.717, 1.165) is 0 Å². The summed E-state index contributed by atoms with van der Waals surface area (Å²) in [5.41, 5.74) is 5.35. The quantitative estimate of drug-likeness (QED) is 0.369. The van der Waals surface area contributed by atoms with Crippen molar-refractivity contribution in [3.63, 3.8) is 0 Å². The fourth-order valence-corrected chi connectivity index (χ4v) is 1.29. The van der Waals surface area contributed by atoms with Gasteiger partial charge in [-0.2, -0.15) is 5.01 Å². The number of aryl methyl sites for hydroxylation is 1. The Morgan fingerprint density at radius 2 is 2.39 bits per heavy atom. The Hall–Kier alpha value is -1.96. The molecule has 1 aromatic heterocycles. The minimum absolute atomic E-state index is 0.0839. The number of alkyl halides is 1. The average molecular weight is 273 g/mol. The van der Waals surface area contributed by atoms with E-state index in [0.29, 0.717) is 16.4 Å². The Morgan fingerprint density at radius 3 is 2.89 bits per heavy atom. The SMILES string of the molecule is Cc1ncc(CNC(=O)N(N=O)C(C)Cl)c(N)n1. The van der Waals surface area contributed by atoms with E-state index in [1.807, 2.05) is 0 Å². The molecule has 1 unspecified atom stereocenters. The molecular weight excluding hydrogens is 260 g/mol. The van der Waals surface area contributed by atoms with Gasteiger partial charge in [0.2, 0.25) is 0 Å². The molecule has 3 N–H and O–H groups in total. The van der Waals surface area contributed by atoms with Crippen LogP contribution in [0.4, 0.5) is 10.6 Å². The molecule has 98 valence electrons. The predicted molar refractivity (Wildman–Crippen MR) is 66.4 cm³/mol. The highest BCUT2D eigenvalue weighted by Crippen LogP contribution is 2.08. The Morgan fingerprint density at radius 1 is 1.72 bits per heavy atom. The van der Waals surface area contributed by atoms with Crippen molar-refractivity contribution in [2.45, 2.75) is 25.9 Å². The van der Waals surface area contributed by atoms with Gasteiger partial charge in [0.05, 0.1) is 5.29 Å². The smallest absolute Gasteiger partial charge is 0.342 e.